The molecule has 0 radical (unpaired) electrons. The highest BCUT2D eigenvalue weighted by molar-refractivity contribution is 6.00. The first-order valence-corrected chi connectivity index (χ1v) is 13.5. The first kappa shape index (κ1) is 26.0. The molecule has 2 aromatic carbocycles. The number of hydrogen-bond donors (Lipinski definition) is 3. The summed E-state index contributed by atoms with van der Waals surface area (Å²) in [4.78, 5) is 43.3. The molecule has 1 aromatic heterocycles. The van der Waals surface area contributed by atoms with Crippen molar-refractivity contribution in [2.45, 2.75) is 24.9 Å². The van der Waals surface area contributed by atoms with Gasteiger partial charge in [-0.15, -0.1) is 0 Å². The lowest BCUT2D eigenvalue weighted by Gasteiger charge is -2.35. The third-order valence-corrected chi connectivity index (χ3v) is 7.41. The molecular formula is C28H32N8O4. The van der Waals surface area contributed by atoms with Crippen LogP contribution in [0, 0.1) is 0 Å². The van der Waals surface area contributed by atoms with Gasteiger partial charge in [-0.2, -0.15) is 15.0 Å². The Bertz CT molecular complexity index is 1350. The van der Waals surface area contributed by atoms with E-state index in [1.807, 2.05) is 24.3 Å². The molecule has 2 bridgehead atoms. The number of hydrogen-bond acceptors (Lipinski definition) is 9. The van der Waals surface area contributed by atoms with Gasteiger partial charge in [0, 0.05) is 42.6 Å². The number of carbonyl (C=O) groups is 2. The van der Waals surface area contributed by atoms with Gasteiger partial charge in [0.2, 0.25) is 11.9 Å². The number of urea groups is 1. The van der Waals surface area contributed by atoms with Gasteiger partial charge in [-0.3, -0.25) is 4.79 Å². The number of nitrogens with one attached hydrogen (secondary N) is 3. The Morgan fingerprint density at radius 2 is 1.40 bits per heavy atom. The molecule has 3 aromatic rings. The van der Waals surface area contributed by atoms with Crippen molar-refractivity contribution < 1.29 is 19.1 Å². The van der Waals surface area contributed by atoms with Crippen LogP contribution in [-0.4, -0.2) is 85.5 Å². The topological polar surface area (TPSA) is 134 Å². The number of carbonyl (C=O) groups excluding carboxylic acids is 2. The summed E-state index contributed by atoms with van der Waals surface area (Å²) in [5, 5.41) is 8.18. The van der Waals surface area contributed by atoms with Crippen molar-refractivity contribution in [2.24, 2.45) is 0 Å². The van der Waals surface area contributed by atoms with E-state index in [4.69, 9.17) is 24.4 Å². The maximum Gasteiger partial charge on any atom is 0.323 e. The molecule has 40 heavy (non-hydrogen) atoms. The predicted molar refractivity (Wildman–Crippen MR) is 151 cm³/mol. The number of amides is 3. The lowest BCUT2D eigenvalue weighted by atomic mass is 10.2. The summed E-state index contributed by atoms with van der Waals surface area (Å²) in [6, 6.07) is 14.2. The fourth-order valence-electron chi connectivity index (χ4n) is 5.30. The van der Waals surface area contributed by atoms with E-state index in [2.05, 4.69) is 25.8 Å². The Hall–Kier alpha value is -4.29. The van der Waals surface area contributed by atoms with Crippen LogP contribution in [0.1, 0.15) is 23.2 Å². The van der Waals surface area contributed by atoms with Crippen LogP contribution in [0.3, 0.4) is 0 Å². The summed E-state index contributed by atoms with van der Waals surface area (Å²) in [7, 11) is 1.57. The van der Waals surface area contributed by atoms with Crippen molar-refractivity contribution >= 4 is 35.2 Å². The normalized spacial score (nSPS) is 20.2. The van der Waals surface area contributed by atoms with Crippen molar-refractivity contribution in [3.8, 4) is 11.4 Å². The van der Waals surface area contributed by atoms with Crippen LogP contribution >= 0.6 is 0 Å². The van der Waals surface area contributed by atoms with E-state index >= 15 is 0 Å². The summed E-state index contributed by atoms with van der Waals surface area (Å²) in [5.74, 6) is 1.74. The van der Waals surface area contributed by atoms with E-state index in [1.165, 1.54) is 0 Å². The van der Waals surface area contributed by atoms with Gasteiger partial charge in [-0.1, -0.05) is 0 Å². The van der Waals surface area contributed by atoms with Gasteiger partial charge in [-0.25, -0.2) is 4.79 Å². The second-order valence-corrected chi connectivity index (χ2v) is 10.0. The molecule has 6 rings (SSSR count). The average molecular weight is 545 g/mol. The summed E-state index contributed by atoms with van der Waals surface area (Å²) < 4.78 is 11.3. The SMILES string of the molecule is CNC(=O)c1ccc(NC(=O)Nc2ccc(-c3nc(N4CCOCC4)nc(N4C5CCC4COC5)n3)cc2)cc1. The monoisotopic (exact) mass is 544 g/mol. The predicted octanol–water partition coefficient (Wildman–Crippen LogP) is 2.75. The molecule has 2 unspecified atom stereocenters. The number of nitrogens with zero attached hydrogens (tertiary/aromatic N) is 5. The molecular weight excluding hydrogens is 512 g/mol. The number of anilines is 4. The van der Waals surface area contributed by atoms with Gasteiger partial charge in [-0.05, 0) is 61.4 Å². The Balaban J connectivity index is 1.19. The van der Waals surface area contributed by atoms with Gasteiger partial charge in [0.25, 0.3) is 5.91 Å². The van der Waals surface area contributed by atoms with E-state index in [0.717, 1.165) is 31.5 Å². The minimum Gasteiger partial charge on any atom is -0.378 e. The highest BCUT2D eigenvalue weighted by Crippen LogP contribution is 2.34. The molecule has 0 aliphatic carbocycles. The third kappa shape index (κ3) is 5.54. The maximum absolute atomic E-state index is 12.6. The summed E-state index contributed by atoms with van der Waals surface area (Å²) in [5.41, 5.74) is 2.54. The minimum absolute atomic E-state index is 0.184. The van der Waals surface area contributed by atoms with Crippen molar-refractivity contribution in [1.82, 2.24) is 20.3 Å². The van der Waals surface area contributed by atoms with Gasteiger partial charge < -0.3 is 35.2 Å². The van der Waals surface area contributed by atoms with E-state index in [1.54, 1.807) is 31.3 Å². The highest BCUT2D eigenvalue weighted by Gasteiger charge is 2.39. The second-order valence-electron chi connectivity index (χ2n) is 10.0. The van der Waals surface area contributed by atoms with Gasteiger partial charge >= 0.3 is 6.03 Å². The fraction of sp³-hybridized carbons (Fsp3) is 0.393. The fourth-order valence-corrected chi connectivity index (χ4v) is 5.30. The molecule has 208 valence electrons. The van der Waals surface area contributed by atoms with Gasteiger partial charge in [0.1, 0.15) is 0 Å². The molecule has 3 saturated heterocycles. The lowest BCUT2D eigenvalue weighted by molar-refractivity contribution is 0.0897. The largest absolute Gasteiger partial charge is 0.378 e. The van der Waals surface area contributed by atoms with E-state index in [0.29, 0.717) is 61.1 Å². The molecule has 0 spiro atoms. The zero-order chi connectivity index (χ0) is 27.5. The lowest BCUT2D eigenvalue weighted by Crippen LogP contribution is -2.47. The Kier molecular flexibility index (Phi) is 7.43. The van der Waals surface area contributed by atoms with E-state index in [-0.39, 0.29) is 24.0 Å². The zero-order valence-electron chi connectivity index (χ0n) is 22.3. The molecule has 3 aliphatic heterocycles. The molecule has 12 heteroatoms. The average Bonchev–Trinajstić information content (AvgIpc) is 3.25. The molecule has 3 fully saturated rings. The molecule has 2 atom stereocenters. The summed E-state index contributed by atoms with van der Waals surface area (Å²) in [6.07, 6.45) is 2.14. The van der Waals surface area contributed by atoms with Crippen LogP contribution < -0.4 is 25.8 Å². The van der Waals surface area contributed by atoms with Crippen LogP contribution in [0.5, 0.6) is 0 Å². The number of benzene rings is 2. The third-order valence-electron chi connectivity index (χ3n) is 7.41. The summed E-state index contributed by atoms with van der Waals surface area (Å²) in [6.45, 7) is 4.10. The summed E-state index contributed by atoms with van der Waals surface area (Å²) >= 11 is 0. The van der Waals surface area contributed by atoms with Crippen LogP contribution in [0.2, 0.25) is 0 Å². The molecule has 3 amide bonds. The molecule has 3 N–H and O–H groups in total. The highest BCUT2D eigenvalue weighted by atomic mass is 16.5. The van der Waals surface area contributed by atoms with Crippen molar-refractivity contribution in [3.63, 3.8) is 0 Å². The number of fused-ring (bicyclic) bond motifs is 2. The number of ether oxygens (including phenoxy) is 2. The van der Waals surface area contributed by atoms with E-state index in [9.17, 15) is 9.59 Å². The van der Waals surface area contributed by atoms with Crippen LogP contribution in [0.15, 0.2) is 48.5 Å². The molecule has 0 saturated carbocycles. The molecule has 12 nitrogen and oxygen atoms in total. The molecule has 3 aliphatic rings. The number of aromatic nitrogens is 3. The smallest absolute Gasteiger partial charge is 0.323 e. The Morgan fingerprint density at radius 3 is 2.02 bits per heavy atom. The zero-order valence-corrected chi connectivity index (χ0v) is 22.3. The van der Waals surface area contributed by atoms with Crippen molar-refractivity contribution in [3.05, 3.63) is 54.1 Å². The van der Waals surface area contributed by atoms with Gasteiger partial charge in [0.15, 0.2) is 5.82 Å². The Morgan fingerprint density at radius 1 is 0.800 bits per heavy atom. The van der Waals surface area contributed by atoms with Gasteiger partial charge in [0.05, 0.1) is 38.5 Å². The van der Waals surface area contributed by atoms with E-state index < -0.39 is 0 Å². The van der Waals surface area contributed by atoms with Crippen LogP contribution in [-0.2, 0) is 9.47 Å². The molecule has 4 heterocycles. The van der Waals surface area contributed by atoms with Crippen LogP contribution in [0.25, 0.3) is 11.4 Å². The first-order valence-electron chi connectivity index (χ1n) is 13.5. The Labute approximate surface area is 232 Å². The minimum atomic E-state index is -0.389. The number of morpholine rings is 2. The standard InChI is InChI=1S/C28H32N8O4/c1-29-25(37)19-4-8-21(9-5-19)31-28(38)30-20-6-2-18(3-7-20)24-32-26(35-12-14-39-15-13-35)34-27(33-24)36-22-10-11-23(36)17-40-16-22/h2-9,22-23H,10-17H2,1H3,(H,29,37)(H2,30,31,38). The van der Waals surface area contributed by atoms with Crippen molar-refractivity contribution in [2.75, 3.05) is 67.0 Å². The first-order chi connectivity index (χ1) is 19.6. The quantitative estimate of drug-likeness (QED) is 0.428. The van der Waals surface area contributed by atoms with Crippen LogP contribution in [0.4, 0.5) is 28.1 Å². The second kappa shape index (κ2) is 11.4. The number of rotatable bonds is 6. The van der Waals surface area contributed by atoms with Crippen molar-refractivity contribution in [1.29, 1.82) is 0 Å². The maximum atomic E-state index is 12.6.